The Kier molecular flexibility index (Phi) is 4.72. The molecule has 0 aliphatic heterocycles. The average molecular weight is 379 g/mol. The third-order valence-corrected chi connectivity index (χ3v) is 6.22. The standard InChI is InChI=1S/C16H17N3O4S2/c17-25(22,23)13-6-7-14(15(10-13)19(20)21)18-16(8-9-16)11-24-12-4-2-1-3-5-12/h1-7,10,18H,8-9,11H2,(H2,17,22,23). The van der Waals surface area contributed by atoms with Crippen LogP contribution in [0.25, 0.3) is 0 Å². The zero-order valence-electron chi connectivity index (χ0n) is 13.2. The van der Waals surface area contributed by atoms with Crippen molar-refractivity contribution in [3.8, 4) is 0 Å². The lowest BCUT2D eigenvalue weighted by Crippen LogP contribution is -2.25. The van der Waals surface area contributed by atoms with Gasteiger partial charge in [0.2, 0.25) is 10.0 Å². The van der Waals surface area contributed by atoms with Crippen LogP contribution in [0.1, 0.15) is 12.8 Å². The van der Waals surface area contributed by atoms with Crippen molar-refractivity contribution in [3.63, 3.8) is 0 Å². The van der Waals surface area contributed by atoms with Gasteiger partial charge in [-0.05, 0) is 37.1 Å². The number of primary sulfonamides is 1. The molecule has 2 aromatic rings. The number of benzene rings is 2. The van der Waals surface area contributed by atoms with Crippen molar-refractivity contribution >= 4 is 33.2 Å². The third-order valence-electron chi connectivity index (χ3n) is 4.01. The second-order valence-corrected chi connectivity index (χ2v) is 8.60. The molecule has 2 aromatic carbocycles. The number of hydrogen-bond acceptors (Lipinski definition) is 6. The summed E-state index contributed by atoms with van der Waals surface area (Å²) in [6.45, 7) is 0. The van der Waals surface area contributed by atoms with Crippen molar-refractivity contribution in [1.29, 1.82) is 0 Å². The monoisotopic (exact) mass is 379 g/mol. The Morgan fingerprint density at radius 2 is 1.88 bits per heavy atom. The van der Waals surface area contributed by atoms with Gasteiger partial charge in [0.05, 0.1) is 9.82 Å². The Morgan fingerprint density at radius 1 is 1.20 bits per heavy atom. The Labute approximate surface area is 149 Å². The molecule has 132 valence electrons. The molecule has 1 aliphatic rings. The van der Waals surface area contributed by atoms with Crippen LogP contribution in [-0.2, 0) is 10.0 Å². The highest BCUT2D eigenvalue weighted by atomic mass is 32.2. The minimum absolute atomic E-state index is 0.214. The fraction of sp³-hybridized carbons (Fsp3) is 0.250. The van der Waals surface area contributed by atoms with Crippen LogP contribution in [0.2, 0.25) is 0 Å². The van der Waals surface area contributed by atoms with Gasteiger partial charge < -0.3 is 5.32 Å². The largest absolute Gasteiger partial charge is 0.373 e. The maximum Gasteiger partial charge on any atom is 0.293 e. The first kappa shape index (κ1) is 17.7. The summed E-state index contributed by atoms with van der Waals surface area (Å²) in [5.41, 5.74) is -0.194. The lowest BCUT2D eigenvalue weighted by atomic mass is 10.2. The van der Waals surface area contributed by atoms with E-state index < -0.39 is 14.9 Å². The predicted octanol–water partition coefficient (Wildman–Crippen LogP) is 2.98. The number of nitro groups is 1. The second kappa shape index (κ2) is 6.66. The van der Waals surface area contributed by atoms with Gasteiger partial charge in [-0.15, -0.1) is 11.8 Å². The van der Waals surface area contributed by atoms with Gasteiger partial charge >= 0.3 is 0 Å². The van der Waals surface area contributed by atoms with E-state index in [1.165, 1.54) is 12.1 Å². The molecule has 3 N–H and O–H groups in total. The summed E-state index contributed by atoms with van der Waals surface area (Å²) in [5.74, 6) is 0.769. The molecule has 0 saturated heterocycles. The maximum absolute atomic E-state index is 11.4. The van der Waals surface area contributed by atoms with Gasteiger partial charge in [-0.1, -0.05) is 18.2 Å². The fourth-order valence-electron chi connectivity index (χ4n) is 2.43. The number of nitro benzene ring substituents is 1. The summed E-state index contributed by atoms with van der Waals surface area (Å²) in [5, 5.41) is 19.6. The molecule has 0 radical (unpaired) electrons. The van der Waals surface area contributed by atoms with Crippen molar-refractivity contribution in [2.75, 3.05) is 11.1 Å². The van der Waals surface area contributed by atoms with E-state index in [1.807, 2.05) is 30.3 Å². The number of hydrogen-bond donors (Lipinski definition) is 2. The maximum atomic E-state index is 11.4. The molecule has 0 unspecified atom stereocenters. The Balaban J connectivity index is 1.79. The number of nitrogens with zero attached hydrogens (tertiary/aromatic N) is 1. The van der Waals surface area contributed by atoms with Gasteiger partial charge in [-0.2, -0.15) is 0 Å². The van der Waals surface area contributed by atoms with E-state index in [4.69, 9.17) is 5.14 Å². The normalized spacial score (nSPS) is 15.6. The van der Waals surface area contributed by atoms with E-state index in [1.54, 1.807) is 11.8 Å². The Hall–Kier alpha value is -2.10. The smallest absolute Gasteiger partial charge is 0.293 e. The van der Waals surface area contributed by atoms with Gasteiger partial charge in [0.25, 0.3) is 5.69 Å². The highest BCUT2D eigenvalue weighted by Gasteiger charge is 2.43. The number of rotatable bonds is 7. The van der Waals surface area contributed by atoms with Gasteiger partial charge in [-0.25, -0.2) is 13.6 Å². The highest BCUT2D eigenvalue weighted by molar-refractivity contribution is 7.99. The van der Waals surface area contributed by atoms with Crippen LogP contribution in [0, 0.1) is 10.1 Å². The molecule has 25 heavy (non-hydrogen) atoms. The molecule has 9 heteroatoms. The number of anilines is 1. The number of nitrogens with one attached hydrogen (secondary N) is 1. The summed E-state index contributed by atoms with van der Waals surface area (Å²) >= 11 is 1.68. The van der Waals surface area contributed by atoms with Crippen LogP contribution in [0.15, 0.2) is 58.3 Å². The van der Waals surface area contributed by atoms with Crippen LogP contribution in [0.4, 0.5) is 11.4 Å². The quantitative estimate of drug-likeness (QED) is 0.434. The summed E-state index contributed by atoms with van der Waals surface area (Å²) in [4.78, 5) is 11.6. The Bertz CT molecular complexity index is 897. The minimum atomic E-state index is -3.99. The highest BCUT2D eigenvalue weighted by Crippen LogP contribution is 2.44. The summed E-state index contributed by atoms with van der Waals surface area (Å²) in [6, 6.07) is 13.6. The summed E-state index contributed by atoms with van der Waals surface area (Å²) in [6.07, 6.45) is 1.81. The minimum Gasteiger partial charge on any atom is -0.373 e. The number of nitrogens with two attached hydrogens (primary N) is 1. The van der Waals surface area contributed by atoms with E-state index in [9.17, 15) is 18.5 Å². The van der Waals surface area contributed by atoms with E-state index in [-0.39, 0.29) is 16.1 Å². The molecular weight excluding hydrogens is 362 g/mol. The molecule has 1 fully saturated rings. The number of sulfonamides is 1. The number of thioether (sulfide) groups is 1. The van der Waals surface area contributed by atoms with Crippen LogP contribution >= 0.6 is 11.8 Å². The van der Waals surface area contributed by atoms with Crippen LogP contribution in [-0.4, -0.2) is 24.6 Å². The van der Waals surface area contributed by atoms with E-state index >= 15 is 0 Å². The van der Waals surface area contributed by atoms with Crippen LogP contribution < -0.4 is 10.5 Å². The van der Waals surface area contributed by atoms with Gasteiger partial charge in [0, 0.05) is 22.3 Å². The first-order chi connectivity index (χ1) is 11.8. The van der Waals surface area contributed by atoms with Crippen molar-refractivity contribution < 1.29 is 13.3 Å². The second-order valence-electron chi connectivity index (χ2n) is 5.99. The van der Waals surface area contributed by atoms with Gasteiger partial charge in [-0.3, -0.25) is 10.1 Å². The average Bonchev–Trinajstić information content (AvgIpc) is 3.33. The zero-order chi connectivity index (χ0) is 18.1. The molecule has 0 amide bonds. The molecule has 0 heterocycles. The van der Waals surface area contributed by atoms with Crippen LogP contribution in [0.3, 0.4) is 0 Å². The van der Waals surface area contributed by atoms with E-state index in [0.29, 0.717) is 5.69 Å². The molecule has 0 aromatic heterocycles. The molecule has 1 saturated carbocycles. The Morgan fingerprint density at radius 3 is 2.44 bits per heavy atom. The summed E-state index contributed by atoms with van der Waals surface area (Å²) < 4.78 is 22.8. The van der Waals surface area contributed by atoms with Crippen LogP contribution in [0.5, 0.6) is 0 Å². The molecule has 0 atom stereocenters. The molecule has 0 spiro atoms. The molecule has 1 aliphatic carbocycles. The fourth-order valence-corrected chi connectivity index (χ4v) is 4.11. The predicted molar refractivity (Wildman–Crippen MR) is 97.2 cm³/mol. The SMILES string of the molecule is NS(=O)(=O)c1ccc(NC2(CSc3ccccc3)CC2)c([N+](=O)[O-])c1. The zero-order valence-corrected chi connectivity index (χ0v) is 14.8. The third kappa shape index (κ3) is 4.30. The van der Waals surface area contributed by atoms with Crippen molar-refractivity contribution in [1.82, 2.24) is 0 Å². The van der Waals surface area contributed by atoms with Gasteiger partial charge in [0.1, 0.15) is 5.69 Å². The molecular formula is C16H17N3O4S2. The lowest BCUT2D eigenvalue weighted by Gasteiger charge is -2.18. The molecule has 3 rings (SSSR count). The van der Waals surface area contributed by atoms with E-state index in [2.05, 4.69) is 5.32 Å². The van der Waals surface area contributed by atoms with Crippen molar-refractivity contribution in [2.24, 2.45) is 5.14 Å². The first-order valence-electron chi connectivity index (χ1n) is 7.56. The van der Waals surface area contributed by atoms with Gasteiger partial charge in [0.15, 0.2) is 0 Å². The van der Waals surface area contributed by atoms with Crippen molar-refractivity contribution in [3.05, 3.63) is 58.6 Å². The molecule has 7 nitrogen and oxygen atoms in total. The van der Waals surface area contributed by atoms with Crippen molar-refractivity contribution in [2.45, 2.75) is 28.2 Å². The molecule has 0 bridgehead atoms. The topological polar surface area (TPSA) is 115 Å². The van der Waals surface area contributed by atoms with E-state index in [0.717, 1.165) is 29.6 Å². The first-order valence-corrected chi connectivity index (χ1v) is 10.1. The lowest BCUT2D eigenvalue weighted by molar-refractivity contribution is -0.384. The summed E-state index contributed by atoms with van der Waals surface area (Å²) in [7, 11) is -3.99.